The smallest absolute Gasteiger partial charge is 0.267 e. The number of hydrogen-bond acceptors (Lipinski definition) is 7. The molecule has 7 nitrogen and oxygen atoms in total. The Bertz CT molecular complexity index is 1110. The van der Waals surface area contributed by atoms with Crippen LogP contribution < -0.4 is 10.5 Å². The third kappa shape index (κ3) is 4.40. The fraction of sp³-hybridized carbons (Fsp3) is 0.455. The number of aromatic nitrogens is 2. The molecular formula is C22H26N4O3S2. The van der Waals surface area contributed by atoms with E-state index in [9.17, 15) is 9.59 Å². The Labute approximate surface area is 191 Å². The number of unbranched alkanes of at least 4 members (excludes halogenated alkanes) is 2. The van der Waals surface area contributed by atoms with Gasteiger partial charge < -0.3 is 9.64 Å². The third-order valence-electron chi connectivity index (χ3n) is 5.51. The van der Waals surface area contributed by atoms with Gasteiger partial charge in [-0.15, -0.1) is 0 Å². The molecule has 2 aliphatic rings. The zero-order valence-corrected chi connectivity index (χ0v) is 19.4. The maximum absolute atomic E-state index is 13.5. The van der Waals surface area contributed by atoms with Gasteiger partial charge in [0.05, 0.1) is 23.7 Å². The van der Waals surface area contributed by atoms with Gasteiger partial charge in [0.2, 0.25) is 0 Å². The average molecular weight is 459 g/mol. The molecule has 9 heteroatoms. The number of amides is 1. The Morgan fingerprint density at radius 1 is 1.26 bits per heavy atom. The van der Waals surface area contributed by atoms with Crippen molar-refractivity contribution in [1.82, 2.24) is 14.3 Å². The first kappa shape index (κ1) is 22.0. The largest absolute Gasteiger partial charge is 0.378 e. The second-order valence-electron chi connectivity index (χ2n) is 7.68. The second-order valence-corrected chi connectivity index (χ2v) is 9.35. The normalized spacial score (nSPS) is 18.6. The highest BCUT2D eigenvalue weighted by Gasteiger charge is 2.32. The van der Waals surface area contributed by atoms with Gasteiger partial charge in [-0.3, -0.25) is 18.9 Å². The molecule has 0 aliphatic carbocycles. The van der Waals surface area contributed by atoms with E-state index in [1.54, 1.807) is 21.6 Å². The Balaban J connectivity index is 1.79. The number of hydrogen-bond donors (Lipinski definition) is 0. The van der Waals surface area contributed by atoms with Gasteiger partial charge in [0.1, 0.15) is 15.8 Å². The molecule has 0 saturated carbocycles. The van der Waals surface area contributed by atoms with Crippen molar-refractivity contribution in [3.05, 3.63) is 44.7 Å². The molecule has 31 heavy (non-hydrogen) atoms. The van der Waals surface area contributed by atoms with Crippen molar-refractivity contribution in [1.29, 1.82) is 0 Å². The number of pyridine rings is 1. The molecule has 2 saturated heterocycles. The van der Waals surface area contributed by atoms with Gasteiger partial charge in [0, 0.05) is 25.8 Å². The molecule has 2 fully saturated rings. The number of aryl methyl sites for hydroxylation is 1. The number of carbonyl (C=O) groups is 1. The Hall–Kier alpha value is -2.23. The Morgan fingerprint density at radius 2 is 2.03 bits per heavy atom. The molecule has 2 aromatic rings. The summed E-state index contributed by atoms with van der Waals surface area (Å²) in [7, 11) is 0. The van der Waals surface area contributed by atoms with Gasteiger partial charge in [0.15, 0.2) is 0 Å². The minimum atomic E-state index is -0.188. The number of ether oxygens (including phenoxy) is 1. The minimum Gasteiger partial charge on any atom is -0.378 e. The van der Waals surface area contributed by atoms with Gasteiger partial charge in [0.25, 0.3) is 11.5 Å². The zero-order chi connectivity index (χ0) is 22.0. The predicted octanol–water partition coefficient (Wildman–Crippen LogP) is 3.23. The Morgan fingerprint density at radius 3 is 2.77 bits per heavy atom. The monoisotopic (exact) mass is 458 g/mol. The van der Waals surface area contributed by atoms with E-state index in [0.29, 0.717) is 59.1 Å². The van der Waals surface area contributed by atoms with Gasteiger partial charge in [-0.05, 0) is 31.1 Å². The number of carbonyl (C=O) groups excluding carboxylic acids is 1. The lowest BCUT2D eigenvalue weighted by Crippen LogP contribution is -2.38. The average Bonchev–Trinajstić information content (AvgIpc) is 3.04. The van der Waals surface area contributed by atoms with Crippen LogP contribution in [0.25, 0.3) is 11.7 Å². The predicted molar refractivity (Wildman–Crippen MR) is 129 cm³/mol. The highest BCUT2D eigenvalue weighted by atomic mass is 32.2. The molecule has 4 heterocycles. The van der Waals surface area contributed by atoms with E-state index in [0.717, 1.165) is 24.8 Å². The molecule has 0 atom stereocenters. The standard InChI is InChI=1S/C22H26N4O3S2/c1-3-4-5-8-26-21(28)17(31-22(26)30)14-16-19(24-10-12-29-13-11-24)23-18-15(2)7-6-9-25(18)20(16)27/h6-7,9,14H,3-5,8,10-13H2,1-2H3/b17-14+. The molecule has 0 bridgehead atoms. The summed E-state index contributed by atoms with van der Waals surface area (Å²) in [6.07, 6.45) is 6.43. The van der Waals surface area contributed by atoms with Crippen molar-refractivity contribution in [2.45, 2.75) is 33.1 Å². The summed E-state index contributed by atoms with van der Waals surface area (Å²) in [6.45, 7) is 7.12. The molecule has 0 aromatic carbocycles. The van der Waals surface area contributed by atoms with Crippen molar-refractivity contribution in [3.63, 3.8) is 0 Å². The summed E-state index contributed by atoms with van der Waals surface area (Å²) in [6, 6.07) is 3.77. The minimum absolute atomic E-state index is 0.132. The van der Waals surface area contributed by atoms with Gasteiger partial charge in [-0.1, -0.05) is 49.8 Å². The molecule has 4 rings (SSSR count). The second kappa shape index (κ2) is 9.50. The van der Waals surface area contributed by atoms with Crippen LogP contribution >= 0.6 is 24.0 Å². The van der Waals surface area contributed by atoms with Gasteiger partial charge in [-0.25, -0.2) is 4.98 Å². The molecule has 0 radical (unpaired) electrons. The van der Waals surface area contributed by atoms with Crippen LogP contribution in [0.2, 0.25) is 0 Å². The number of anilines is 1. The van der Waals surface area contributed by atoms with Crippen molar-refractivity contribution >= 4 is 51.7 Å². The lowest BCUT2D eigenvalue weighted by atomic mass is 10.2. The van der Waals surface area contributed by atoms with E-state index in [1.807, 2.05) is 19.1 Å². The maximum atomic E-state index is 13.5. The molecular weight excluding hydrogens is 432 g/mol. The van der Waals surface area contributed by atoms with Crippen molar-refractivity contribution in [3.8, 4) is 0 Å². The zero-order valence-electron chi connectivity index (χ0n) is 17.8. The van der Waals surface area contributed by atoms with E-state index in [4.69, 9.17) is 21.9 Å². The summed E-state index contributed by atoms with van der Waals surface area (Å²) in [5.74, 6) is 0.464. The van der Waals surface area contributed by atoms with E-state index < -0.39 is 0 Å². The van der Waals surface area contributed by atoms with Crippen LogP contribution in [0.15, 0.2) is 28.0 Å². The van der Waals surface area contributed by atoms with Crippen molar-refractivity contribution in [2.75, 3.05) is 37.7 Å². The third-order valence-corrected chi connectivity index (χ3v) is 6.89. The van der Waals surface area contributed by atoms with Crippen molar-refractivity contribution < 1.29 is 9.53 Å². The van der Waals surface area contributed by atoms with Crippen LogP contribution in [0, 0.1) is 6.92 Å². The van der Waals surface area contributed by atoms with Crippen LogP contribution in [0.4, 0.5) is 5.82 Å². The molecule has 0 N–H and O–H groups in total. The van der Waals surface area contributed by atoms with Crippen LogP contribution in [-0.4, -0.2) is 57.4 Å². The van der Waals surface area contributed by atoms with Gasteiger partial charge in [-0.2, -0.15) is 0 Å². The van der Waals surface area contributed by atoms with Crippen LogP contribution in [-0.2, 0) is 9.53 Å². The molecule has 0 unspecified atom stereocenters. The fourth-order valence-electron chi connectivity index (χ4n) is 3.79. The highest BCUT2D eigenvalue weighted by molar-refractivity contribution is 8.26. The molecule has 0 spiro atoms. The molecule has 164 valence electrons. The summed E-state index contributed by atoms with van der Waals surface area (Å²) >= 11 is 6.70. The maximum Gasteiger partial charge on any atom is 0.267 e. The quantitative estimate of drug-likeness (QED) is 0.374. The molecule has 1 amide bonds. The lowest BCUT2D eigenvalue weighted by molar-refractivity contribution is -0.122. The van der Waals surface area contributed by atoms with Crippen LogP contribution in [0.5, 0.6) is 0 Å². The SMILES string of the molecule is CCCCCN1C(=O)/C(=C\c2c(N3CCOCC3)nc3c(C)cccn3c2=O)SC1=S. The highest BCUT2D eigenvalue weighted by Crippen LogP contribution is 2.34. The number of morpholine rings is 1. The summed E-state index contributed by atoms with van der Waals surface area (Å²) in [4.78, 5) is 35.5. The van der Waals surface area contributed by atoms with E-state index in [2.05, 4.69) is 11.8 Å². The Kier molecular flexibility index (Phi) is 6.74. The van der Waals surface area contributed by atoms with Crippen molar-refractivity contribution in [2.24, 2.45) is 0 Å². The first-order valence-electron chi connectivity index (χ1n) is 10.6. The summed E-state index contributed by atoms with van der Waals surface area (Å²) < 4.78 is 7.57. The van der Waals surface area contributed by atoms with Gasteiger partial charge >= 0.3 is 0 Å². The first-order chi connectivity index (χ1) is 15.0. The summed E-state index contributed by atoms with van der Waals surface area (Å²) in [5.41, 5.74) is 1.77. The number of nitrogens with zero attached hydrogens (tertiary/aromatic N) is 4. The summed E-state index contributed by atoms with van der Waals surface area (Å²) in [5, 5.41) is 0. The fourth-order valence-corrected chi connectivity index (χ4v) is 5.08. The van der Waals surface area contributed by atoms with E-state index in [-0.39, 0.29) is 11.5 Å². The molecule has 2 aliphatic heterocycles. The van der Waals surface area contributed by atoms with Crippen LogP contribution in [0.3, 0.4) is 0 Å². The van der Waals surface area contributed by atoms with E-state index in [1.165, 1.54) is 11.8 Å². The first-order valence-corrected chi connectivity index (χ1v) is 11.8. The lowest BCUT2D eigenvalue weighted by Gasteiger charge is -2.29. The number of fused-ring (bicyclic) bond motifs is 1. The molecule has 2 aromatic heterocycles. The van der Waals surface area contributed by atoms with Crippen LogP contribution in [0.1, 0.15) is 37.3 Å². The number of thioether (sulfide) groups is 1. The number of thiocarbonyl (C=S) groups is 1. The topological polar surface area (TPSA) is 67.2 Å². The number of rotatable bonds is 6. The van der Waals surface area contributed by atoms with E-state index >= 15 is 0 Å².